The highest BCUT2D eigenvalue weighted by molar-refractivity contribution is 7.80. The van der Waals surface area contributed by atoms with Gasteiger partial charge in [0.2, 0.25) is 11.8 Å². The number of carbonyl (C=O) groups excluding carboxylic acids is 2. The van der Waals surface area contributed by atoms with Gasteiger partial charge in [-0.05, 0) is 24.6 Å². The second-order valence-electron chi connectivity index (χ2n) is 4.54. The molecule has 0 saturated carbocycles. The van der Waals surface area contributed by atoms with E-state index in [0.717, 1.165) is 16.2 Å². The Labute approximate surface area is 117 Å². The lowest BCUT2D eigenvalue weighted by Gasteiger charge is -2.33. The van der Waals surface area contributed by atoms with Gasteiger partial charge >= 0.3 is 0 Å². The van der Waals surface area contributed by atoms with Crippen molar-refractivity contribution in [2.75, 3.05) is 24.5 Å². The number of hydrogen-bond acceptors (Lipinski definition) is 4. The van der Waals surface area contributed by atoms with Crippen LogP contribution in [-0.2, 0) is 9.59 Å². The molecule has 0 atom stereocenters. The minimum Gasteiger partial charge on any atom is -0.392 e. The molecule has 1 aliphatic heterocycles. The number of rotatable bonds is 3. The Balaban J connectivity index is 2.15. The molecule has 0 unspecified atom stereocenters. The summed E-state index contributed by atoms with van der Waals surface area (Å²) in [7, 11) is 0. The molecular weight excluding hydrogens is 262 g/mol. The van der Waals surface area contributed by atoms with Gasteiger partial charge in [-0.2, -0.15) is 0 Å². The molecule has 0 aliphatic carbocycles. The minimum absolute atomic E-state index is 0.0225. The van der Waals surface area contributed by atoms with E-state index >= 15 is 0 Å². The zero-order valence-corrected chi connectivity index (χ0v) is 11.4. The molecule has 1 aromatic rings. The SMILES string of the molecule is Cc1cccc(N2CC(=O)N(CC(N)=S)C(=O)C2)c1. The normalized spacial score (nSPS) is 15.8. The smallest absolute Gasteiger partial charge is 0.249 e. The van der Waals surface area contributed by atoms with Crippen LogP contribution in [0.2, 0.25) is 0 Å². The largest absolute Gasteiger partial charge is 0.392 e. The summed E-state index contributed by atoms with van der Waals surface area (Å²) in [6.45, 7) is 2.32. The van der Waals surface area contributed by atoms with Crippen LogP contribution in [0.15, 0.2) is 24.3 Å². The van der Waals surface area contributed by atoms with Crippen molar-refractivity contribution in [3.8, 4) is 0 Å². The molecule has 1 heterocycles. The van der Waals surface area contributed by atoms with Crippen LogP contribution in [-0.4, -0.2) is 41.3 Å². The number of carbonyl (C=O) groups is 2. The molecule has 0 aromatic heterocycles. The molecule has 0 bridgehead atoms. The van der Waals surface area contributed by atoms with Gasteiger partial charge < -0.3 is 10.6 Å². The summed E-state index contributed by atoms with van der Waals surface area (Å²) >= 11 is 4.74. The van der Waals surface area contributed by atoms with Crippen LogP contribution in [0.25, 0.3) is 0 Å². The maximum atomic E-state index is 12.0. The number of nitrogens with two attached hydrogens (primary N) is 1. The third-order valence-electron chi connectivity index (χ3n) is 2.94. The quantitative estimate of drug-likeness (QED) is 0.642. The first-order chi connectivity index (χ1) is 8.97. The number of nitrogens with zero attached hydrogens (tertiary/aromatic N) is 2. The number of benzene rings is 1. The van der Waals surface area contributed by atoms with Gasteiger partial charge in [0.05, 0.1) is 24.6 Å². The summed E-state index contributed by atoms with van der Waals surface area (Å²) in [6.07, 6.45) is 0. The lowest BCUT2D eigenvalue weighted by atomic mass is 10.2. The van der Waals surface area contributed by atoms with Crippen LogP contribution in [0.5, 0.6) is 0 Å². The lowest BCUT2D eigenvalue weighted by Crippen LogP contribution is -2.55. The number of aryl methyl sites for hydroxylation is 1. The van der Waals surface area contributed by atoms with Crippen LogP contribution < -0.4 is 10.6 Å². The van der Waals surface area contributed by atoms with Gasteiger partial charge in [-0.25, -0.2) is 0 Å². The molecule has 2 rings (SSSR count). The average molecular weight is 277 g/mol. The molecule has 100 valence electrons. The molecule has 1 aromatic carbocycles. The highest BCUT2D eigenvalue weighted by Crippen LogP contribution is 2.18. The first-order valence-electron chi connectivity index (χ1n) is 5.90. The van der Waals surface area contributed by atoms with Gasteiger partial charge in [0.1, 0.15) is 0 Å². The molecular formula is C13H15N3O2S. The maximum absolute atomic E-state index is 12.0. The summed E-state index contributed by atoms with van der Waals surface area (Å²) in [6, 6.07) is 7.71. The van der Waals surface area contributed by atoms with E-state index in [0.29, 0.717) is 0 Å². The van der Waals surface area contributed by atoms with E-state index in [1.807, 2.05) is 31.2 Å². The van der Waals surface area contributed by atoms with Gasteiger partial charge in [-0.15, -0.1) is 0 Å². The first-order valence-corrected chi connectivity index (χ1v) is 6.31. The monoisotopic (exact) mass is 277 g/mol. The molecule has 0 spiro atoms. The fourth-order valence-electron chi connectivity index (χ4n) is 2.03. The second kappa shape index (κ2) is 5.36. The van der Waals surface area contributed by atoms with Crippen LogP contribution in [0.3, 0.4) is 0 Å². The van der Waals surface area contributed by atoms with Crippen molar-refractivity contribution in [1.29, 1.82) is 0 Å². The van der Waals surface area contributed by atoms with Gasteiger partial charge in [0.15, 0.2) is 0 Å². The zero-order chi connectivity index (χ0) is 14.0. The molecule has 5 nitrogen and oxygen atoms in total. The summed E-state index contributed by atoms with van der Waals surface area (Å²) in [5.41, 5.74) is 7.34. The van der Waals surface area contributed by atoms with Crippen LogP contribution >= 0.6 is 12.2 Å². The third kappa shape index (κ3) is 3.08. The summed E-state index contributed by atoms with van der Waals surface area (Å²) in [5, 5.41) is 0. The molecule has 2 N–H and O–H groups in total. The standard InChI is InChI=1S/C13H15N3O2S/c1-9-3-2-4-10(5-9)15-7-12(17)16(6-11(14)19)13(18)8-15/h2-5H,6-8H2,1H3,(H2,14,19). The molecule has 6 heteroatoms. The highest BCUT2D eigenvalue weighted by atomic mass is 32.1. The van der Waals surface area contributed by atoms with Crippen molar-refractivity contribution >= 4 is 34.7 Å². The Morgan fingerprint density at radius 3 is 2.47 bits per heavy atom. The van der Waals surface area contributed by atoms with Crippen molar-refractivity contribution in [1.82, 2.24) is 4.90 Å². The highest BCUT2D eigenvalue weighted by Gasteiger charge is 2.31. The second-order valence-corrected chi connectivity index (χ2v) is 5.06. The van der Waals surface area contributed by atoms with Crippen molar-refractivity contribution in [2.24, 2.45) is 5.73 Å². The Hall–Kier alpha value is -1.95. The molecule has 1 saturated heterocycles. The summed E-state index contributed by atoms with van der Waals surface area (Å²) < 4.78 is 0. The Bertz CT molecular complexity index is 526. The zero-order valence-electron chi connectivity index (χ0n) is 10.6. The molecule has 1 aliphatic rings. The number of piperazine rings is 1. The van der Waals surface area contributed by atoms with E-state index in [9.17, 15) is 9.59 Å². The number of amides is 2. The van der Waals surface area contributed by atoms with E-state index in [1.54, 1.807) is 4.90 Å². The van der Waals surface area contributed by atoms with E-state index in [-0.39, 0.29) is 36.4 Å². The van der Waals surface area contributed by atoms with E-state index in [2.05, 4.69) is 0 Å². The number of hydrogen-bond donors (Lipinski definition) is 1. The van der Waals surface area contributed by atoms with Gasteiger partial charge in [0, 0.05) is 5.69 Å². The van der Waals surface area contributed by atoms with Crippen LogP contribution in [0.4, 0.5) is 5.69 Å². The molecule has 2 amide bonds. The molecule has 0 radical (unpaired) electrons. The number of anilines is 1. The fourth-order valence-corrected chi connectivity index (χ4v) is 2.16. The van der Waals surface area contributed by atoms with E-state index in [4.69, 9.17) is 18.0 Å². The number of imide groups is 1. The lowest BCUT2D eigenvalue weighted by molar-refractivity contribution is -0.144. The third-order valence-corrected chi connectivity index (χ3v) is 3.06. The Kier molecular flexibility index (Phi) is 3.80. The van der Waals surface area contributed by atoms with Gasteiger partial charge in [-0.3, -0.25) is 14.5 Å². The number of thiocarbonyl (C=S) groups is 1. The average Bonchev–Trinajstić information content (AvgIpc) is 2.33. The van der Waals surface area contributed by atoms with Gasteiger partial charge in [-0.1, -0.05) is 24.4 Å². The van der Waals surface area contributed by atoms with Crippen LogP contribution in [0.1, 0.15) is 5.56 Å². The van der Waals surface area contributed by atoms with Crippen molar-refractivity contribution < 1.29 is 9.59 Å². The Morgan fingerprint density at radius 2 is 1.95 bits per heavy atom. The van der Waals surface area contributed by atoms with E-state index in [1.165, 1.54) is 0 Å². The van der Waals surface area contributed by atoms with Gasteiger partial charge in [0.25, 0.3) is 0 Å². The summed E-state index contributed by atoms with van der Waals surface area (Å²) in [4.78, 5) is 26.9. The van der Waals surface area contributed by atoms with Crippen LogP contribution in [0, 0.1) is 6.92 Å². The minimum atomic E-state index is -0.273. The van der Waals surface area contributed by atoms with Crippen molar-refractivity contribution in [2.45, 2.75) is 6.92 Å². The fraction of sp³-hybridized carbons (Fsp3) is 0.308. The first kappa shape index (κ1) is 13.5. The topological polar surface area (TPSA) is 66.6 Å². The predicted octanol–water partition coefficient (Wildman–Crippen LogP) is 0.456. The summed E-state index contributed by atoms with van der Waals surface area (Å²) in [5.74, 6) is -0.545. The maximum Gasteiger partial charge on any atom is 0.249 e. The molecule has 1 fully saturated rings. The van der Waals surface area contributed by atoms with E-state index < -0.39 is 0 Å². The van der Waals surface area contributed by atoms with Crippen molar-refractivity contribution in [3.05, 3.63) is 29.8 Å². The van der Waals surface area contributed by atoms with Crippen molar-refractivity contribution in [3.63, 3.8) is 0 Å². The Morgan fingerprint density at radius 1 is 1.32 bits per heavy atom. The molecule has 19 heavy (non-hydrogen) atoms. The predicted molar refractivity (Wildman–Crippen MR) is 76.9 cm³/mol.